The lowest BCUT2D eigenvalue weighted by molar-refractivity contribution is -0.384. The second-order valence-electron chi connectivity index (χ2n) is 5.85. The number of nitrogens with one attached hydrogen (secondary N) is 1. The summed E-state index contributed by atoms with van der Waals surface area (Å²) in [7, 11) is 0. The normalized spacial score (nSPS) is 11.7. The van der Waals surface area contributed by atoms with Gasteiger partial charge < -0.3 is 10.1 Å². The molecule has 0 bridgehead atoms. The largest absolute Gasteiger partial charge is 0.425 e. The Bertz CT molecular complexity index is 838. The SMILES string of the molecule is CC(C)[C@H](NC(=O)c1ccccc1F)C(=O)Oc1cccc([N+](=O)[O-])c1. The zero-order valence-electron chi connectivity index (χ0n) is 14.1. The van der Waals surface area contributed by atoms with E-state index in [4.69, 9.17) is 4.74 Å². The topological polar surface area (TPSA) is 98.5 Å². The number of halogens is 1. The van der Waals surface area contributed by atoms with Crippen molar-refractivity contribution in [1.29, 1.82) is 0 Å². The summed E-state index contributed by atoms with van der Waals surface area (Å²) >= 11 is 0. The van der Waals surface area contributed by atoms with Crippen molar-refractivity contribution in [2.75, 3.05) is 0 Å². The minimum atomic E-state index is -1.05. The highest BCUT2D eigenvalue weighted by Gasteiger charge is 2.27. The maximum Gasteiger partial charge on any atom is 0.334 e. The molecule has 0 aliphatic heterocycles. The molecular formula is C18H17FN2O5. The number of benzene rings is 2. The first-order chi connectivity index (χ1) is 12.3. The highest BCUT2D eigenvalue weighted by Crippen LogP contribution is 2.20. The monoisotopic (exact) mass is 360 g/mol. The van der Waals surface area contributed by atoms with E-state index in [2.05, 4.69) is 5.32 Å². The number of nitro benzene ring substituents is 1. The molecule has 0 saturated heterocycles. The van der Waals surface area contributed by atoms with Gasteiger partial charge in [0.05, 0.1) is 16.6 Å². The maximum atomic E-state index is 13.7. The second-order valence-corrected chi connectivity index (χ2v) is 5.85. The first kappa shape index (κ1) is 19.0. The van der Waals surface area contributed by atoms with Crippen LogP contribution < -0.4 is 10.1 Å². The van der Waals surface area contributed by atoms with Crippen LogP contribution in [0.4, 0.5) is 10.1 Å². The van der Waals surface area contributed by atoms with Crippen LogP contribution in [-0.2, 0) is 4.79 Å². The molecule has 0 aromatic heterocycles. The van der Waals surface area contributed by atoms with Crippen molar-refractivity contribution in [2.24, 2.45) is 5.92 Å². The summed E-state index contributed by atoms with van der Waals surface area (Å²) < 4.78 is 18.9. The van der Waals surface area contributed by atoms with Crippen LogP contribution in [0.25, 0.3) is 0 Å². The van der Waals surface area contributed by atoms with Crippen molar-refractivity contribution >= 4 is 17.6 Å². The van der Waals surface area contributed by atoms with Crippen molar-refractivity contribution in [3.63, 3.8) is 0 Å². The molecule has 0 aliphatic carbocycles. The van der Waals surface area contributed by atoms with E-state index in [0.29, 0.717) is 0 Å². The minimum Gasteiger partial charge on any atom is -0.425 e. The number of nitrogens with zero attached hydrogens (tertiary/aromatic N) is 1. The lowest BCUT2D eigenvalue weighted by Gasteiger charge is -2.20. The van der Waals surface area contributed by atoms with Gasteiger partial charge in [-0.15, -0.1) is 0 Å². The van der Waals surface area contributed by atoms with E-state index in [9.17, 15) is 24.1 Å². The van der Waals surface area contributed by atoms with E-state index in [1.54, 1.807) is 13.8 Å². The van der Waals surface area contributed by atoms with Gasteiger partial charge in [-0.3, -0.25) is 14.9 Å². The predicted octanol–water partition coefficient (Wildman–Crippen LogP) is 3.09. The van der Waals surface area contributed by atoms with Crippen LogP contribution in [0, 0.1) is 21.8 Å². The number of rotatable bonds is 6. The lowest BCUT2D eigenvalue weighted by atomic mass is 10.0. The molecule has 1 N–H and O–H groups in total. The van der Waals surface area contributed by atoms with Crippen LogP contribution in [0.2, 0.25) is 0 Å². The Morgan fingerprint density at radius 3 is 2.46 bits per heavy atom. The van der Waals surface area contributed by atoms with E-state index < -0.39 is 28.7 Å². The van der Waals surface area contributed by atoms with Crippen molar-refractivity contribution in [3.05, 3.63) is 70.0 Å². The van der Waals surface area contributed by atoms with Gasteiger partial charge in [-0.25, -0.2) is 9.18 Å². The van der Waals surface area contributed by atoms with Crippen LogP contribution in [0.3, 0.4) is 0 Å². The molecule has 136 valence electrons. The zero-order chi connectivity index (χ0) is 19.3. The molecule has 0 fully saturated rings. The molecule has 2 aromatic carbocycles. The van der Waals surface area contributed by atoms with Gasteiger partial charge in [0.15, 0.2) is 0 Å². The fourth-order valence-electron chi connectivity index (χ4n) is 2.20. The Morgan fingerprint density at radius 2 is 1.85 bits per heavy atom. The quantitative estimate of drug-likeness (QED) is 0.369. The fraction of sp³-hybridized carbons (Fsp3) is 0.222. The number of hydrogen-bond donors (Lipinski definition) is 1. The molecule has 7 nitrogen and oxygen atoms in total. The van der Waals surface area contributed by atoms with Gasteiger partial charge in [-0.1, -0.05) is 32.0 Å². The van der Waals surface area contributed by atoms with Gasteiger partial charge in [0.2, 0.25) is 0 Å². The molecular weight excluding hydrogens is 343 g/mol. The molecule has 2 aromatic rings. The first-order valence-corrected chi connectivity index (χ1v) is 7.81. The number of non-ortho nitro benzene ring substituents is 1. The van der Waals surface area contributed by atoms with Crippen LogP contribution in [0.5, 0.6) is 5.75 Å². The molecule has 0 aliphatic rings. The standard InChI is InChI=1S/C18H17FN2O5/c1-11(2)16(20-17(22)14-8-3-4-9-15(14)19)18(23)26-13-7-5-6-12(10-13)21(24)25/h3-11,16H,1-2H3,(H,20,22)/t16-/m0/s1. The van der Waals surface area contributed by atoms with Crippen molar-refractivity contribution in [3.8, 4) is 5.75 Å². The molecule has 0 radical (unpaired) electrons. The Balaban J connectivity index is 2.15. The number of carbonyl (C=O) groups excluding carboxylic acids is 2. The third kappa shape index (κ3) is 4.62. The summed E-state index contributed by atoms with van der Waals surface area (Å²) in [6.45, 7) is 3.36. The van der Waals surface area contributed by atoms with Gasteiger partial charge in [-0.2, -0.15) is 0 Å². The first-order valence-electron chi connectivity index (χ1n) is 7.81. The number of carbonyl (C=O) groups is 2. The highest BCUT2D eigenvalue weighted by atomic mass is 19.1. The molecule has 1 amide bonds. The molecule has 0 unspecified atom stereocenters. The van der Waals surface area contributed by atoms with Crippen molar-refractivity contribution in [1.82, 2.24) is 5.32 Å². The van der Waals surface area contributed by atoms with Gasteiger partial charge >= 0.3 is 5.97 Å². The van der Waals surface area contributed by atoms with E-state index >= 15 is 0 Å². The average Bonchev–Trinajstić information content (AvgIpc) is 2.59. The highest BCUT2D eigenvalue weighted by molar-refractivity contribution is 5.97. The molecule has 0 saturated carbocycles. The van der Waals surface area contributed by atoms with Crippen molar-refractivity contribution in [2.45, 2.75) is 19.9 Å². The number of ether oxygens (including phenoxy) is 1. The van der Waals surface area contributed by atoms with E-state index in [1.165, 1.54) is 36.4 Å². The molecule has 1 atom stereocenters. The molecule has 8 heteroatoms. The zero-order valence-corrected chi connectivity index (χ0v) is 14.1. The molecule has 2 rings (SSSR count). The number of esters is 1. The molecule has 26 heavy (non-hydrogen) atoms. The molecule has 0 heterocycles. The summed E-state index contributed by atoms with van der Waals surface area (Å²) in [6, 6.07) is 9.47. The lowest BCUT2D eigenvalue weighted by Crippen LogP contribution is -2.46. The Hall–Kier alpha value is -3.29. The van der Waals surface area contributed by atoms with Gasteiger partial charge in [-0.05, 0) is 24.1 Å². The number of hydrogen-bond acceptors (Lipinski definition) is 5. The fourth-order valence-corrected chi connectivity index (χ4v) is 2.20. The Labute approximate surface area is 148 Å². The van der Waals surface area contributed by atoms with Crippen LogP contribution in [0.1, 0.15) is 24.2 Å². The smallest absolute Gasteiger partial charge is 0.334 e. The van der Waals surface area contributed by atoms with Crippen LogP contribution in [-0.4, -0.2) is 22.8 Å². The third-order valence-electron chi connectivity index (χ3n) is 3.57. The van der Waals surface area contributed by atoms with Gasteiger partial charge in [0, 0.05) is 6.07 Å². The molecule has 0 spiro atoms. The summed E-state index contributed by atoms with van der Waals surface area (Å²) in [5.74, 6) is -2.63. The van der Waals surface area contributed by atoms with Crippen LogP contribution in [0.15, 0.2) is 48.5 Å². The maximum absolute atomic E-state index is 13.7. The van der Waals surface area contributed by atoms with Gasteiger partial charge in [0.25, 0.3) is 11.6 Å². The van der Waals surface area contributed by atoms with E-state index in [0.717, 1.165) is 12.1 Å². The number of nitro groups is 1. The summed E-state index contributed by atoms with van der Waals surface area (Å²) in [5, 5.41) is 13.2. The Morgan fingerprint density at radius 1 is 1.15 bits per heavy atom. The van der Waals surface area contributed by atoms with E-state index in [-0.39, 0.29) is 22.9 Å². The summed E-state index contributed by atoms with van der Waals surface area (Å²) in [6.07, 6.45) is 0. The summed E-state index contributed by atoms with van der Waals surface area (Å²) in [4.78, 5) is 34.8. The van der Waals surface area contributed by atoms with Crippen molar-refractivity contribution < 1.29 is 23.6 Å². The second kappa shape index (κ2) is 8.19. The number of amides is 1. The third-order valence-corrected chi connectivity index (χ3v) is 3.57. The predicted molar refractivity (Wildman–Crippen MR) is 91.2 cm³/mol. The van der Waals surface area contributed by atoms with Gasteiger partial charge in [0.1, 0.15) is 17.6 Å². The average molecular weight is 360 g/mol. The minimum absolute atomic E-state index is 0.0185. The Kier molecular flexibility index (Phi) is 6.00. The van der Waals surface area contributed by atoms with Crippen LogP contribution >= 0.6 is 0 Å². The van der Waals surface area contributed by atoms with E-state index in [1.807, 2.05) is 0 Å². The summed E-state index contributed by atoms with van der Waals surface area (Å²) in [5.41, 5.74) is -0.423.